The van der Waals surface area contributed by atoms with Gasteiger partial charge in [0.05, 0.1) is 0 Å². The van der Waals surface area contributed by atoms with Gasteiger partial charge in [0.2, 0.25) is 0 Å². The van der Waals surface area contributed by atoms with Crippen molar-refractivity contribution in [2.75, 3.05) is 0 Å². The molecule has 0 aliphatic rings. The highest BCUT2D eigenvalue weighted by atomic mass is 19.3. The Morgan fingerprint density at radius 2 is 2.23 bits per heavy atom. The number of alkyl halides is 2. The van der Waals surface area contributed by atoms with Crippen molar-refractivity contribution in [2.45, 2.75) is 13.3 Å². The van der Waals surface area contributed by atoms with E-state index in [1.165, 1.54) is 6.92 Å². The van der Waals surface area contributed by atoms with Gasteiger partial charge in [-0.25, -0.2) is 13.8 Å². The number of hydrogen-bond acceptors (Lipinski definition) is 3. The van der Waals surface area contributed by atoms with E-state index in [9.17, 15) is 13.6 Å². The summed E-state index contributed by atoms with van der Waals surface area (Å²) >= 11 is 0. The van der Waals surface area contributed by atoms with Crippen LogP contribution in [0.5, 0.6) is 5.75 Å². The zero-order chi connectivity index (χ0) is 10.0. The number of rotatable bonds is 2. The number of aromatic hydroxyl groups is 1. The van der Waals surface area contributed by atoms with Crippen LogP contribution >= 0.6 is 0 Å². The SMILES string of the molecule is Cc1nc(C(F)F)c(O)cc1C=O. The molecule has 0 aliphatic carbocycles. The minimum absolute atomic E-state index is 0.113. The second kappa shape index (κ2) is 3.47. The molecule has 5 heteroatoms. The molecule has 1 aromatic rings. The van der Waals surface area contributed by atoms with Crippen molar-refractivity contribution in [1.82, 2.24) is 4.98 Å². The minimum atomic E-state index is -2.83. The maximum atomic E-state index is 12.1. The lowest BCUT2D eigenvalue weighted by Crippen LogP contribution is -1.97. The van der Waals surface area contributed by atoms with Crippen LogP contribution in [-0.2, 0) is 0 Å². The van der Waals surface area contributed by atoms with E-state index in [0.717, 1.165) is 6.07 Å². The molecule has 0 aliphatic heterocycles. The van der Waals surface area contributed by atoms with Gasteiger partial charge < -0.3 is 5.11 Å². The van der Waals surface area contributed by atoms with Crippen molar-refractivity contribution in [1.29, 1.82) is 0 Å². The number of aryl methyl sites for hydroxylation is 1. The molecule has 0 fully saturated rings. The molecule has 0 atom stereocenters. The number of carbonyl (C=O) groups excluding carboxylic acids is 1. The lowest BCUT2D eigenvalue weighted by atomic mass is 10.2. The smallest absolute Gasteiger partial charge is 0.284 e. The summed E-state index contributed by atoms with van der Waals surface area (Å²) in [6, 6.07) is 0.983. The molecule has 1 rings (SSSR count). The highest BCUT2D eigenvalue weighted by Gasteiger charge is 2.16. The Morgan fingerprint density at radius 3 is 2.69 bits per heavy atom. The maximum Gasteiger partial charge on any atom is 0.284 e. The third-order valence-electron chi connectivity index (χ3n) is 1.59. The molecule has 0 amide bonds. The van der Waals surface area contributed by atoms with E-state index in [1.807, 2.05) is 0 Å². The monoisotopic (exact) mass is 187 g/mol. The molecule has 0 unspecified atom stereocenters. The molecule has 1 heterocycles. The van der Waals surface area contributed by atoms with Gasteiger partial charge in [-0.3, -0.25) is 4.79 Å². The van der Waals surface area contributed by atoms with Crippen LogP contribution in [0.3, 0.4) is 0 Å². The number of carbonyl (C=O) groups is 1. The van der Waals surface area contributed by atoms with Crippen LogP contribution < -0.4 is 0 Å². The summed E-state index contributed by atoms with van der Waals surface area (Å²) in [5.74, 6) is -0.650. The van der Waals surface area contributed by atoms with E-state index in [4.69, 9.17) is 5.11 Å². The Hall–Kier alpha value is -1.52. The molecule has 0 bridgehead atoms. The molecule has 0 saturated heterocycles. The quantitative estimate of drug-likeness (QED) is 0.718. The van der Waals surface area contributed by atoms with Crippen LogP contribution in [0.2, 0.25) is 0 Å². The fourth-order valence-corrected chi connectivity index (χ4v) is 0.908. The van der Waals surface area contributed by atoms with Crippen molar-refractivity contribution in [3.05, 3.63) is 23.0 Å². The standard InChI is InChI=1S/C8H7F2NO2/c1-4-5(3-12)2-6(13)7(11-4)8(9)10/h2-3,8,13H,1H3. The van der Waals surface area contributed by atoms with E-state index in [-0.39, 0.29) is 11.3 Å². The second-order valence-electron chi connectivity index (χ2n) is 2.49. The zero-order valence-corrected chi connectivity index (χ0v) is 6.79. The minimum Gasteiger partial charge on any atom is -0.506 e. The van der Waals surface area contributed by atoms with Gasteiger partial charge in [-0.2, -0.15) is 0 Å². The molecule has 0 spiro atoms. The summed E-state index contributed by atoms with van der Waals surface area (Å²) in [6.07, 6.45) is -2.38. The van der Waals surface area contributed by atoms with E-state index in [2.05, 4.69) is 4.98 Å². The van der Waals surface area contributed by atoms with Crippen molar-refractivity contribution in [3.8, 4) is 5.75 Å². The van der Waals surface area contributed by atoms with E-state index >= 15 is 0 Å². The largest absolute Gasteiger partial charge is 0.506 e. The summed E-state index contributed by atoms with van der Waals surface area (Å²) in [5.41, 5.74) is -0.395. The van der Waals surface area contributed by atoms with Gasteiger partial charge in [0.15, 0.2) is 6.29 Å². The number of hydrogen-bond donors (Lipinski definition) is 1. The Labute approximate surface area is 73.0 Å². The van der Waals surface area contributed by atoms with E-state index in [0.29, 0.717) is 6.29 Å². The molecule has 13 heavy (non-hydrogen) atoms. The summed E-state index contributed by atoms with van der Waals surface area (Å²) in [5, 5.41) is 9.02. The van der Waals surface area contributed by atoms with Crippen LogP contribution in [0.25, 0.3) is 0 Å². The summed E-state index contributed by atoms with van der Waals surface area (Å²) in [7, 11) is 0. The van der Waals surface area contributed by atoms with Crippen molar-refractivity contribution in [2.24, 2.45) is 0 Å². The molecule has 0 aromatic carbocycles. The topological polar surface area (TPSA) is 50.2 Å². The van der Waals surface area contributed by atoms with Crippen LogP contribution in [0.15, 0.2) is 6.07 Å². The maximum absolute atomic E-state index is 12.1. The summed E-state index contributed by atoms with van der Waals surface area (Å²) in [4.78, 5) is 13.7. The zero-order valence-electron chi connectivity index (χ0n) is 6.79. The molecule has 3 nitrogen and oxygen atoms in total. The average Bonchev–Trinajstić information content (AvgIpc) is 2.07. The highest BCUT2D eigenvalue weighted by Crippen LogP contribution is 2.27. The van der Waals surface area contributed by atoms with E-state index < -0.39 is 17.9 Å². The van der Waals surface area contributed by atoms with Gasteiger partial charge in [0, 0.05) is 11.3 Å². The van der Waals surface area contributed by atoms with Gasteiger partial charge in [0.25, 0.3) is 6.43 Å². The number of pyridine rings is 1. The van der Waals surface area contributed by atoms with Gasteiger partial charge in [-0.15, -0.1) is 0 Å². The van der Waals surface area contributed by atoms with Gasteiger partial charge >= 0.3 is 0 Å². The molecular weight excluding hydrogens is 180 g/mol. The fourth-order valence-electron chi connectivity index (χ4n) is 0.908. The number of halogens is 2. The lowest BCUT2D eigenvalue weighted by Gasteiger charge is -2.04. The van der Waals surface area contributed by atoms with Crippen LogP contribution in [0, 0.1) is 6.92 Å². The first-order valence-electron chi connectivity index (χ1n) is 3.50. The Kier molecular flexibility index (Phi) is 2.55. The Bertz CT molecular complexity index is 339. The third-order valence-corrected chi connectivity index (χ3v) is 1.59. The number of aromatic nitrogens is 1. The van der Waals surface area contributed by atoms with Crippen LogP contribution in [-0.4, -0.2) is 16.4 Å². The third kappa shape index (κ3) is 1.80. The molecule has 0 radical (unpaired) electrons. The number of aldehydes is 1. The Morgan fingerprint density at radius 1 is 1.62 bits per heavy atom. The van der Waals surface area contributed by atoms with Crippen molar-refractivity contribution in [3.63, 3.8) is 0 Å². The fraction of sp³-hybridized carbons (Fsp3) is 0.250. The van der Waals surface area contributed by atoms with Gasteiger partial charge in [0.1, 0.15) is 11.4 Å². The highest BCUT2D eigenvalue weighted by molar-refractivity contribution is 5.77. The first kappa shape index (κ1) is 9.57. The second-order valence-corrected chi connectivity index (χ2v) is 2.49. The molecular formula is C8H7F2NO2. The molecule has 70 valence electrons. The molecule has 1 N–H and O–H groups in total. The van der Waals surface area contributed by atoms with Gasteiger partial charge in [-0.1, -0.05) is 0 Å². The predicted molar refractivity (Wildman–Crippen MR) is 41.0 cm³/mol. The predicted octanol–water partition coefficient (Wildman–Crippen LogP) is 1.85. The number of nitrogens with zero attached hydrogens (tertiary/aromatic N) is 1. The van der Waals surface area contributed by atoms with E-state index in [1.54, 1.807) is 0 Å². The normalized spacial score (nSPS) is 10.5. The summed E-state index contributed by atoms with van der Waals surface area (Å²) < 4.78 is 24.3. The average molecular weight is 187 g/mol. The molecule has 1 aromatic heterocycles. The van der Waals surface area contributed by atoms with Crippen LogP contribution in [0.1, 0.15) is 28.2 Å². The first-order valence-corrected chi connectivity index (χ1v) is 3.50. The first-order chi connectivity index (χ1) is 6.06. The molecule has 0 saturated carbocycles. The Balaban J connectivity index is 3.28. The van der Waals surface area contributed by atoms with Crippen LogP contribution in [0.4, 0.5) is 8.78 Å². The van der Waals surface area contributed by atoms with Gasteiger partial charge in [-0.05, 0) is 13.0 Å². The van der Waals surface area contributed by atoms with Crippen molar-refractivity contribution >= 4 is 6.29 Å². The van der Waals surface area contributed by atoms with Crippen molar-refractivity contribution < 1.29 is 18.7 Å². The lowest BCUT2D eigenvalue weighted by molar-refractivity contribution is 0.112. The summed E-state index contributed by atoms with van der Waals surface area (Å²) in [6.45, 7) is 1.43.